The van der Waals surface area contributed by atoms with E-state index < -0.39 is 0 Å². The third kappa shape index (κ3) is 4.16. The zero-order valence-corrected chi connectivity index (χ0v) is 25.1. The van der Waals surface area contributed by atoms with Crippen LogP contribution in [0.4, 0.5) is 0 Å². The van der Waals surface area contributed by atoms with Gasteiger partial charge in [-0.05, 0) is 99.5 Å². The molecular formula is C44H31N. The van der Waals surface area contributed by atoms with E-state index in [4.69, 9.17) is 0 Å². The van der Waals surface area contributed by atoms with Gasteiger partial charge in [0.1, 0.15) is 0 Å². The van der Waals surface area contributed by atoms with Crippen molar-refractivity contribution in [2.75, 3.05) is 0 Å². The fraction of sp³-hybridized carbons (Fsp3) is 0.0455. The summed E-state index contributed by atoms with van der Waals surface area (Å²) in [4.78, 5) is 0. The van der Waals surface area contributed by atoms with E-state index in [1.807, 2.05) is 0 Å². The maximum Gasteiger partial charge on any atom is 0.0541 e. The van der Waals surface area contributed by atoms with Gasteiger partial charge in [-0.1, -0.05) is 127 Å². The van der Waals surface area contributed by atoms with Crippen molar-refractivity contribution >= 4 is 21.8 Å². The van der Waals surface area contributed by atoms with E-state index in [0.717, 1.165) is 0 Å². The first-order valence-electron chi connectivity index (χ1n) is 15.7. The van der Waals surface area contributed by atoms with Crippen molar-refractivity contribution in [1.82, 2.24) is 4.57 Å². The number of nitrogens with zero attached hydrogens (tertiary/aromatic N) is 1. The molecule has 1 heterocycles. The fourth-order valence-electron chi connectivity index (χ4n) is 7.44. The van der Waals surface area contributed by atoms with Gasteiger partial charge in [-0.25, -0.2) is 0 Å². The van der Waals surface area contributed by atoms with Crippen LogP contribution in [-0.2, 0) is 0 Å². The molecule has 1 unspecified atom stereocenters. The van der Waals surface area contributed by atoms with Gasteiger partial charge in [-0.15, -0.1) is 0 Å². The van der Waals surface area contributed by atoms with Gasteiger partial charge in [0.2, 0.25) is 0 Å². The topological polar surface area (TPSA) is 4.93 Å². The molecule has 0 aliphatic heterocycles. The molecule has 0 saturated heterocycles. The van der Waals surface area contributed by atoms with Crippen molar-refractivity contribution in [2.45, 2.75) is 12.8 Å². The minimum Gasteiger partial charge on any atom is -0.309 e. The second-order valence-corrected chi connectivity index (χ2v) is 12.2. The standard InChI is InChI=1S/C44H31N/c1-29-19-23-42-40(25-29)41-28-34(21-24-43(41)45(42)35-16-10-15-32(26-35)30-11-4-2-5-12-30)33-20-22-38-39(27-33)36-17-8-9-18-37(36)44(38)31-13-6-3-7-14-31/h2-28,44H,1H3. The second kappa shape index (κ2) is 10.2. The van der Waals surface area contributed by atoms with Gasteiger partial charge < -0.3 is 4.57 Å². The zero-order chi connectivity index (χ0) is 29.9. The SMILES string of the molecule is Cc1ccc2c(c1)c1cc(-c3ccc4c(c3)-c3ccccc3C4c3ccccc3)ccc1n2-c1cccc(-c2ccccc2)c1. The highest BCUT2D eigenvalue weighted by molar-refractivity contribution is 6.11. The highest BCUT2D eigenvalue weighted by Crippen LogP contribution is 2.49. The van der Waals surface area contributed by atoms with Crippen LogP contribution in [0.5, 0.6) is 0 Å². The van der Waals surface area contributed by atoms with E-state index in [2.05, 4.69) is 175 Å². The molecule has 0 N–H and O–H groups in total. The van der Waals surface area contributed by atoms with Gasteiger partial charge in [0.05, 0.1) is 11.0 Å². The Morgan fingerprint density at radius 1 is 0.422 bits per heavy atom. The first-order chi connectivity index (χ1) is 22.2. The van der Waals surface area contributed by atoms with E-state index in [1.54, 1.807) is 0 Å². The molecule has 1 heteroatoms. The third-order valence-electron chi connectivity index (χ3n) is 9.52. The summed E-state index contributed by atoms with van der Waals surface area (Å²) in [6.45, 7) is 2.18. The highest BCUT2D eigenvalue weighted by Gasteiger charge is 2.29. The van der Waals surface area contributed by atoms with Crippen molar-refractivity contribution in [1.29, 1.82) is 0 Å². The van der Waals surface area contributed by atoms with Crippen molar-refractivity contribution in [3.05, 3.63) is 186 Å². The monoisotopic (exact) mass is 573 g/mol. The normalized spacial score (nSPS) is 13.7. The average molecular weight is 574 g/mol. The van der Waals surface area contributed by atoms with Crippen LogP contribution in [0.3, 0.4) is 0 Å². The van der Waals surface area contributed by atoms with Gasteiger partial charge in [0.25, 0.3) is 0 Å². The molecule has 1 atom stereocenters. The third-order valence-corrected chi connectivity index (χ3v) is 9.52. The number of benzene rings is 7. The molecule has 8 aromatic rings. The van der Waals surface area contributed by atoms with Crippen LogP contribution in [0.25, 0.3) is 60.9 Å². The Labute approximate surface area is 263 Å². The molecule has 1 aliphatic rings. The lowest BCUT2D eigenvalue weighted by atomic mass is 9.89. The van der Waals surface area contributed by atoms with Crippen molar-refractivity contribution in [3.8, 4) is 39.1 Å². The van der Waals surface area contributed by atoms with Crippen molar-refractivity contribution in [3.63, 3.8) is 0 Å². The molecule has 7 aromatic carbocycles. The predicted octanol–water partition coefficient (Wildman–Crippen LogP) is 11.6. The predicted molar refractivity (Wildman–Crippen MR) is 189 cm³/mol. The number of hydrogen-bond acceptors (Lipinski definition) is 0. The number of hydrogen-bond donors (Lipinski definition) is 0. The smallest absolute Gasteiger partial charge is 0.0541 e. The fourth-order valence-corrected chi connectivity index (χ4v) is 7.44. The summed E-state index contributed by atoms with van der Waals surface area (Å²) in [5.74, 6) is 0.265. The molecule has 212 valence electrons. The quantitative estimate of drug-likeness (QED) is 0.197. The molecule has 0 saturated carbocycles. The van der Waals surface area contributed by atoms with Crippen molar-refractivity contribution in [2.24, 2.45) is 0 Å². The van der Waals surface area contributed by atoms with E-state index in [0.29, 0.717) is 0 Å². The number of rotatable bonds is 4. The van der Waals surface area contributed by atoms with Crippen LogP contribution in [0, 0.1) is 6.92 Å². The maximum absolute atomic E-state index is 2.42. The van der Waals surface area contributed by atoms with Crippen LogP contribution in [0.2, 0.25) is 0 Å². The van der Waals surface area contributed by atoms with Crippen LogP contribution >= 0.6 is 0 Å². The zero-order valence-electron chi connectivity index (χ0n) is 25.1. The first-order valence-corrected chi connectivity index (χ1v) is 15.7. The largest absolute Gasteiger partial charge is 0.309 e. The Hall–Kier alpha value is -5.66. The molecular weight excluding hydrogens is 542 g/mol. The Morgan fingerprint density at radius 3 is 1.89 bits per heavy atom. The number of aryl methyl sites for hydroxylation is 1. The van der Waals surface area contributed by atoms with Gasteiger partial charge >= 0.3 is 0 Å². The van der Waals surface area contributed by atoms with E-state index >= 15 is 0 Å². The molecule has 45 heavy (non-hydrogen) atoms. The summed E-state index contributed by atoms with van der Waals surface area (Å²) >= 11 is 0. The van der Waals surface area contributed by atoms with Gasteiger partial charge in [-0.3, -0.25) is 0 Å². The molecule has 1 aromatic heterocycles. The van der Waals surface area contributed by atoms with Gasteiger partial charge in [0.15, 0.2) is 0 Å². The molecule has 0 bridgehead atoms. The highest BCUT2D eigenvalue weighted by atomic mass is 15.0. The summed E-state index contributed by atoms with van der Waals surface area (Å²) in [6, 6.07) is 60.3. The molecule has 9 rings (SSSR count). The molecule has 0 spiro atoms. The summed E-state index contributed by atoms with van der Waals surface area (Å²) in [5.41, 5.74) is 16.6. The Balaban J connectivity index is 1.21. The van der Waals surface area contributed by atoms with E-state index in [-0.39, 0.29) is 5.92 Å². The summed E-state index contributed by atoms with van der Waals surface area (Å²) in [7, 11) is 0. The molecule has 0 fully saturated rings. The van der Waals surface area contributed by atoms with Gasteiger partial charge in [-0.2, -0.15) is 0 Å². The van der Waals surface area contributed by atoms with Gasteiger partial charge in [0, 0.05) is 22.4 Å². The number of aromatic nitrogens is 1. The Kier molecular flexibility index (Phi) is 5.86. The lowest BCUT2D eigenvalue weighted by molar-refractivity contribution is 1.02. The summed E-state index contributed by atoms with van der Waals surface area (Å²) < 4.78 is 2.42. The van der Waals surface area contributed by atoms with Crippen LogP contribution in [-0.4, -0.2) is 4.57 Å². The van der Waals surface area contributed by atoms with E-state index in [9.17, 15) is 0 Å². The second-order valence-electron chi connectivity index (χ2n) is 12.2. The molecule has 1 nitrogen and oxygen atoms in total. The summed E-state index contributed by atoms with van der Waals surface area (Å²) in [5, 5.41) is 2.56. The summed E-state index contributed by atoms with van der Waals surface area (Å²) in [6.07, 6.45) is 0. The minimum absolute atomic E-state index is 0.265. The minimum atomic E-state index is 0.265. The molecule has 0 radical (unpaired) electrons. The molecule has 1 aliphatic carbocycles. The lowest BCUT2D eigenvalue weighted by Crippen LogP contribution is -1.98. The Morgan fingerprint density at radius 2 is 1.04 bits per heavy atom. The van der Waals surface area contributed by atoms with Crippen LogP contribution in [0.1, 0.15) is 28.2 Å². The first kappa shape index (κ1) is 25.8. The van der Waals surface area contributed by atoms with Crippen LogP contribution < -0.4 is 0 Å². The average Bonchev–Trinajstić information content (AvgIpc) is 3.61. The molecule has 0 amide bonds. The van der Waals surface area contributed by atoms with Crippen molar-refractivity contribution < 1.29 is 0 Å². The Bertz CT molecular complexity index is 2380. The van der Waals surface area contributed by atoms with E-state index in [1.165, 1.54) is 83.1 Å². The van der Waals surface area contributed by atoms with Crippen LogP contribution in [0.15, 0.2) is 164 Å². The maximum atomic E-state index is 2.42. The lowest BCUT2D eigenvalue weighted by Gasteiger charge is -2.14. The number of fused-ring (bicyclic) bond motifs is 6.